The lowest BCUT2D eigenvalue weighted by molar-refractivity contribution is 0.835. The first-order valence-corrected chi connectivity index (χ1v) is 5.73. The second-order valence-corrected chi connectivity index (χ2v) is 4.74. The van der Waals surface area contributed by atoms with Gasteiger partial charge < -0.3 is 10.2 Å². The Balaban J connectivity index is 2.53. The fourth-order valence-electron chi connectivity index (χ4n) is 2.03. The van der Waals surface area contributed by atoms with Crippen LogP contribution in [-0.2, 0) is 0 Å². The second kappa shape index (κ2) is 3.81. The number of nitrogens with zero attached hydrogens (tertiary/aromatic N) is 1. The van der Waals surface area contributed by atoms with E-state index in [2.05, 4.69) is 52.3 Å². The fraction of sp³-hybridized carbons (Fsp3) is 0.455. The molecule has 0 bridgehead atoms. The lowest BCUT2D eigenvalue weighted by Gasteiger charge is -2.21. The number of halogens is 1. The van der Waals surface area contributed by atoms with E-state index in [4.69, 9.17) is 0 Å². The van der Waals surface area contributed by atoms with Crippen LogP contribution in [0.4, 0.5) is 11.4 Å². The lowest BCUT2D eigenvalue weighted by Crippen LogP contribution is -2.18. The van der Waals surface area contributed by atoms with Crippen LogP contribution in [0.3, 0.4) is 0 Å². The van der Waals surface area contributed by atoms with Crippen LogP contribution in [0.15, 0.2) is 16.6 Å². The van der Waals surface area contributed by atoms with E-state index in [9.17, 15) is 0 Å². The zero-order valence-electron chi connectivity index (χ0n) is 8.60. The predicted octanol–water partition coefficient (Wildman–Crippen LogP) is 3.01. The van der Waals surface area contributed by atoms with Crippen LogP contribution in [0.5, 0.6) is 0 Å². The maximum atomic E-state index is 3.53. The maximum Gasteiger partial charge on any atom is 0.0629 e. The topological polar surface area (TPSA) is 15.3 Å². The third-order valence-electron chi connectivity index (χ3n) is 2.63. The fourth-order valence-corrected chi connectivity index (χ4v) is 2.60. The number of fused-ring (bicyclic) bond motifs is 1. The van der Waals surface area contributed by atoms with Gasteiger partial charge in [0.05, 0.1) is 11.4 Å². The molecule has 0 fully saturated rings. The quantitative estimate of drug-likeness (QED) is 0.766. The molecule has 1 N–H and O–H groups in total. The van der Waals surface area contributed by atoms with Crippen LogP contribution in [0.2, 0.25) is 0 Å². The van der Waals surface area contributed by atoms with Crippen molar-refractivity contribution in [2.45, 2.75) is 13.3 Å². The van der Waals surface area contributed by atoms with Gasteiger partial charge in [-0.15, -0.1) is 0 Å². The average Bonchev–Trinajstić information content (AvgIpc) is 2.27. The van der Waals surface area contributed by atoms with E-state index in [1.54, 1.807) is 0 Å². The predicted molar refractivity (Wildman–Crippen MR) is 65.3 cm³/mol. The molecule has 76 valence electrons. The number of hydrogen-bond acceptors (Lipinski definition) is 2. The Morgan fingerprint density at radius 2 is 2.21 bits per heavy atom. The normalized spacial score (nSPS) is 15.8. The summed E-state index contributed by atoms with van der Waals surface area (Å²) in [4.78, 5) is 2.33. The van der Waals surface area contributed by atoms with Crippen LogP contribution in [0.25, 0.3) is 0 Å². The summed E-state index contributed by atoms with van der Waals surface area (Å²) in [6.45, 7) is 4.35. The molecule has 1 aliphatic rings. The molecule has 0 amide bonds. The first-order valence-electron chi connectivity index (χ1n) is 4.93. The van der Waals surface area contributed by atoms with Crippen LogP contribution in [0.1, 0.15) is 12.0 Å². The Bertz CT molecular complexity index is 349. The van der Waals surface area contributed by atoms with Gasteiger partial charge in [0.25, 0.3) is 0 Å². The Morgan fingerprint density at radius 3 is 3.00 bits per heavy atom. The van der Waals surface area contributed by atoms with Crippen LogP contribution in [0, 0.1) is 6.92 Å². The van der Waals surface area contributed by atoms with Gasteiger partial charge in [0.2, 0.25) is 0 Å². The molecule has 1 aromatic carbocycles. The number of rotatable bonds is 0. The zero-order chi connectivity index (χ0) is 10.1. The van der Waals surface area contributed by atoms with E-state index in [1.165, 1.54) is 23.4 Å². The molecule has 3 heteroatoms. The number of anilines is 2. The SMILES string of the molecule is Cc1cc(Br)cc2c1N(C)CCCN2. The van der Waals surface area contributed by atoms with Crippen LogP contribution in [-0.4, -0.2) is 20.1 Å². The van der Waals surface area contributed by atoms with Crippen molar-refractivity contribution in [1.29, 1.82) is 0 Å². The monoisotopic (exact) mass is 254 g/mol. The zero-order valence-corrected chi connectivity index (χ0v) is 10.2. The summed E-state index contributed by atoms with van der Waals surface area (Å²) in [5.41, 5.74) is 3.91. The van der Waals surface area contributed by atoms with E-state index >= 15 is 0 Å². The third-order valence-corrected chi connectivity index (χ3v) is 3.09. The molecule has 2 rings (SSSR count). The summed E-state index contributed by atoms with van der Waals surface area (Å²) in [5.74, 6) is 0. The first kappa shape index (κ1) is 9.84. The van der Waals surface area contributed by atoms with Crippen LogP contribution < -0.4 is 10.2 Å². The van der Waals surface area contributed by atoms with E-state index in [0.717, 1.165) is 17.6 Å². The van der Waals surface area contributed by atoms with Gasteiger partial charge >= 0.3 is 0 Å². The maximum absolute atomic E-state index is 3.53. The third kappa shape index (κ3) is 1.73. The highest BCUT2D eigenvalue weighted by atomic mass is 79.9. The van der Waals surface area contributed by atoms with Crippen LogP contribution >= 0.6 is 15.9 Å². The second-order valence-electron chi connectivity index (χ2n) is 3.82. The minimum atomic E-state index is 1.06. The minimum Gasteiger partial charge on any atom is -0.383 e. The molecule has 0 saturated heterocycles. The molecular weight excluding hydrogens is 240 g/mol. The van der Waals surface area contributed by atoms with Crippen molar-refractivity contribution in [3.63, 3.8) is 0 Å². The van der Waals surface area contributed by atoms with E-state index in [-0.39, 0.29) is 0 Å². The summed E-state index contributed by atoms with van der Waals surface area (Å²) in [6, 6.07) is 4.33. The molecule has 0 saturated carbocycles. The molecule has 0 aliphatic carbocycles. The van der Waals surface area contributed by atoms with Gasteiger partial charge in [-0.1, -0.05) is 15.9 Å². The van der Waals surface area contributed by atoms with E-state index in [1.807, 2.05) is 0 Å². The molecule has 0 aromatic heterocycles. The number of benzene rings is 1. The Kier molecular flexibility index (Phi) is 2.68. The summed E-state index contributed by atoms with van der Waals surface area (Å²) in [6.07, 6.45) is 1.20. The molecular formula is C11H15BrN2. The molecule has 2 nitrogen and oxygen atoms in total. The summed E-state index contributed by atoms with van der Waals surface area (Å²) >= 11 is 3.53. The largest absolute Gasteiger partial charge is 0.383 e. The minimum absolute atomic E-state index is 1.06. The Morgan fingerprint density at radius 1 is 1.43 bits per heavy atom. The van der Waals surface area contributed by atoms with Gasteiger partial charge in [-0.2, -0.15) is 0 Å². The summed E-state index contributed by atoms with van der Waals surface area (Å²) in [5, 5.41) is 3.47. The van der Waals surface area contributed by atoms with Gasteiger partial charge in [0.15, 0.2) is 0 Å². The van der Waals surface area contributed by atoms with Crippen molar-refractivity contribution >= 4 is 27.3 Å². The Hall–Kier alpha value is -0.700. The number of nitrogens with one attached hydrogen (secondary N) is 1. The van der Waals surface area contributed by atoms with Gasteiger partial charge in [-0.3, -0.25) is 0 Å². The van der Waals surface area contributed by atoms with Gasteiger partial charge in [-0.25, -0.2) is 0 Å². The molecule has 1 aliphatic heterocycles. The molecule has 1 heterocycles. The van der Waals surface area contributed by atoms with Gasteiger partial charge in [-0.05, 0) is 31.0 Å². The lowest BCUT2D eigenvalue weighted by atomic mass is 10.1. The number of aryl methyl sites for hydroxylation is 1. The van der Waals surface area contributed by atoms with Crippen molar-refractivity contribution in [2.75, 3.05) is 30.4 Å². The van der Waals surface area contributed by atoms with Gasteiger partial charge in [0.1, 0.15) is 0 Å². The average molecular weight is 255 g/mol. The molecule has 0 atom stereocenters. The molecule has 14 heavy (non-hydrogen) atoms. The van der Waals surface area contributed by atoms with E-state index < -0.39 is 0 Å². The first-order chi connectivity index (χ1) is 6.68. The van der Waals surface area contributed by atoms with Crippen molar-refractivity contribution in [3.05, 3.63) is 22.2 Å². The summed E-state index contributed by atoms with van der Waals surface area (Å²) in [7, 11) is 2.16. The van der Waals surface area contributed by atoms with Crippen molar-refractivity contribution in [3.8, 4) is 0 Å². The number of hydrogen-bond donors (Lipinski definition) is 1. The Labute approximate surface area is 93.4 Å². The van der Waals surface area contributed by atoms with Crippen molar-refractivity contribution in [2.24, 2.45) is 0 Å². The highest BCUT2D eigenvalue weighted by Gasteiger charge is 2.14. The highest BCUT2D eigenvalue weighted by molar-refractivity contribution is 9.10. The highest BCUT2D eigenvalue weighted by Crippen LogP contribution is 2.34. The van der Waals surface area contributed by atoms with Crippen molar-refractivity contribution < 1.29 is 0 Å². The smallest absolute Gasteiger partial charge is 0.0629 e. The molecule has 1 aromatic rings. The van der Waals surface area contributed by atoms with E-state index in [0.29, 0.717) is 0 Å². The van der Waals surface area contributed by atoms with Crippen molar-refractivity contribution in [1.82, 2.24) is 0 Å². The summed E-state index contributed by atoms with van der Waals surface area (Å²) < 4.78 is 1.15. The molecule has 0 radical (unpaired) electrons. The molecule has 0 spiro atoms. The van der Waals surface area contributed by atoms with Gasteiger partial charge in [0, 0.05) is 24.6 Å². The standard InChI is InChI=1S/C11H15BrN2/c1-8-6-9(12)7-10-11(8)14(2)5-3-4-13-10/h6-7,13H,3-5H2,1-2H3. The molecule has 0 unspecified atom stereocenters.